The molecule has 1 amide bonds. The summed E-state index contributed by atoms with van der Waals surface area (Å²) in [5, 5.41) is 3.78. The summed E-state index contributed by atoms with van der Waals surface area (Å²) in [6, 6.07) is 10.7. The zero-order chi connectivity index (χ0) is 15.6. The van der Waals surface area contributed by atoms with Crippen LogP contribution >= 0.6 is 11.6 Å². The topological polar surface area (TPSA) is 55.1 Å². The maximum absolute atomic E-state index is 11.9. The standard InChI is InChI=1S/C17H19ClN2O/c1-10-7-12(3)15(8-11(10)2)16(17(19)21)20-14-6-4-5-13(18)9-14/h4-9,16,20H,1-3H3,(H2,19,21). The van der Waals surface area contributed by atoms with Crippen LogP contribution in [-0.4, -0.2) is 5.91 Å². The number of carbonyl (C=O) groups excluding carboxylic acids is 1. The second-order valence-electron chi connectivity index (χ2n) is 5.28. The van der Waals surface area contributed by atoms with Crippen LogP contribution in [0.2, 0.25) is 5.02 Å². The summed E-state index contributed by atoms with van der Waals surface area (Å²) in [5.74, 6) is -0.415. The maximum Gasteiger partial charge on any atom is 0.244 e. The zero-order valence-corrected chi connectivity index (χ0v) is 13.2. The van der Waals surface area contributed by atoms with Crippen molar-refractivity contribution in [3.05, 3.63) is 63.7 Å². The van der Waals surface area contributed by atoms with Gasteiger partial charge in [-0.2, -0.15) is 0 Å². The van der Waals surface area contributed by atoms with Crippen molar-refractivity contribution in [3.63, 3.8) is 0 Å². The first-order valence-corrected chi connectivity index (χ1v) is 7.15. The van der Waals surface area contributed by atoms with E-state index in [1.165, 1.54) is 5.56 Å². The van der Waals surface area contributed by atoms with Crippen molar-refractivity contribution in [2.45, 2.75) is 26.8 Å². The number of aryl methyl sites for hydroxylation is 3. The highest BCUT2D eigenvalue weighted by Gasteiger charge is 2.20. The van der Waals surface area contributed by atoms with Gasteiger partial charge in [0.2, 0.25) is 5.91 Å². The molecular weight excluding hydrogens is 284 g/mol. The van der Waals surface area contributed by atoms with Crippen molar-refractivity contribution in [2.75, 3.05) is 5.32 Å². The van der Waals surface area contributed by atoms with E-state index in [0.29, 0.717) is 5.02 Å². The Morgan fingerprint density at radius 2 is 1.76 bits per heavy atom. The summed E-state index contributed by atoms with van der Waals surface area (Å²) in [4.78, 5) is 11.9. The van der Waals surface area contributed by atoms with Gasteiger partial charge in [0.1, 0.15) is 6.04 Å². The molecule has 0 saturated heterocycles. The van der Waals surface area contributed by atoms with Crippen LogP contribution < -0.4 is 11.1 Å². The summed E-state index contributed by atoms with van der Waals surface area (Å²) < 4.78 is 0. The first kappa shape index (κ1) is 15.4. The maximum atomic E-state index is 11.9. The molecular formula is C17H19ClN2O. The number of hydrogen-bond donors (Lipinski definition) is 2. The minimum Gasteiger partial charge on any atom is -0.370 e. The molecule has 110 valence electrons. The van der Waals surface area contributed by atoms with Gasteiger partial charge >= 0.3 is 0 Å². The third-order valence-corrected chi connectivity index (χ3v) is 3.85. The third kappa shape index (κ3) is 3.56. The van der Waals surface area contributed by atoms with E-state index in [-0.39, 0.29) is 0 Å². The molecule has 0 radical (unpaired) electrons. The summed E-state index contributed by atoms with van der Waals surface area (Å²) in [6.45, 7) is 6.06. The minimum absolute atomic E-state index is 0.415. The number of primary amides is 1. The summed E-state index contributed by atoms with van der Waals surface area (Å²) in [7, 11) is 0. The molecule has 0 aromatic heterocycles. The number of carbonyl (C=O) groups is 1. The molecule has 21 heavy (non-hydrogen) atoms. The van der Waals surface area contributed by atoms with Gasteiger partial charge in [0.05, 0.1) is 0 Å². The number of benzene rings is 2. The number of nitrogens with two attached hydrogens (primary N) is 1. The second kappa shape index (κ2) is 6.19. The van der Waals surface area contributed by atoms with Gasteiger partial charge in [-0.05, 0) is 61.2 Å². The van der Waals surface area contributed by atoms with E-state index in [2.05, 4.69) is 18.3 Å². The van der Waals surface area contributed by atoms with Gasteiger partial charge < -0.3 is 11.1 Å². The number of amides is 1. The van der Waals surface area contributed by atoms with Gasteiger partial charge in [-0.15, -0.1) is 0 Å². The third-order valence-electron chi connectivity index (χ3n) is 3.61. The van der Waals surface area contributed by atoms with Crippen molar-refractivity contribution < 1.29 is 4.79 Å². The molecule has 0 bridgehead atoms. The van der Waals surface area contributed by atoms with Crippen molar-refractivity contribution >= 4 is 23.2 Å². The highest BCUT2D eigenvalue weighted by atomic mass is 35.5. The van der Waals surface area contributed by atoms with Gasteiger partial charge in [0, 0.05) is 10.7 Å². The van der Waals surface area contributed by atoms with Crippen molar-refractivity contribution in [2.24, 2.45) is 5.73 Å². The number of nitrogens with one attached hydrogen (secondary N) is 1. The predicted molar refractivity (Wildman–Crippen MR) is 87.7 cm³/mol. The average molecular weight is 303 g/mol. The van der Waals surface area contributed by atoms with Crippen LogP contribution in [0.15, 0.2) is 36.4 Å². The lowest BCUT2D eigenvalue weighted by Crippen LogP contribution is -2.28. The smallest absolute Gasteiger partial charge is 0.244 e. The Morgan fingerprint density at radius 1 is 1.10 bits per heavy atom. The molecule has 1 unspecified atom stereocenters. The van der Waals surface area contributed by atoms with Crippen LogP contribution in [0.25, 0.3) is 0 Å². The normalized spacial score (nSPS) is 12.0. The predicted octanol–water partition coefficient (Wildman–Crippen LogP) is 3.90. The number of hydrogen-bond acceptors (Lipinski definition) is 2. The molecule has 0 aliphatic heterocycles. The van der Waals surface area contributed by atoms with Crippen LogP contribution in [-0.2, 0) is 4.79 Å². The largest absolute Gasteiger partial charge is 0.370 e. The number of halogens is 1. The molecule has 2 rings (SSSR count). The molecule has 0 aliphatic rings. The molecule has 1 atom stereocenters. The van der Waals surface area contributed by atoms with Gasteiger partial charge in [-0.1, -0.05) is 29.8 Å². The summed E-state index contributed by atoms with van der Waals surface area (Å²) in [6.07, 6.45) is 0. The van der Waals surface area contributed by atoms with E-state index in [9.17, 15) is 4.79 Å². The van der Waals surface area contributed by atoms with Crippen LogP contribution in [0.5, 0.6) is 0 Å². The molecule has 0 spiro atoms. The quantitative estimate of drug-likeness (QED) is 0.900. The van der Waals surface area contributed by atoms with Gasteiger partial charge in [0.15, 0.2) is 0 Å². The fourth-order valence-corrected chi connectivity index (χ4v) is 2.53. The summed E-state index contributed by atoms with van der Waals surface area (Å²) in [5.41, 5.74) is 10.6. The fraction of sp³-hybridized carbons (Fsp3) is 0.235. The fourth-order valence-electron chi connectivity index (χ4n) is 2.34. The Kier molecular flexibility index (Phi) is 4.53. The Hall–Kier alpha value is -2.00. The van der Waals surface area contributed by atoms with Crippen LogP contribution in [0.1, 0.15) is 28.3 Å². The van der Waals surface area contributed by atoms with E-state index in [0.717, 1.165) is 22.4 Å². The number of anilines is 1. The van der Waals surface area contributed by atoms with E-state index >= 15 is 0 Å². The monoisotopic (exact) mass is 302 g/mol. The molecule has 2 aromatic carbocycles. The Labute approximate surface area is 130 Å². The molecule has 3 nitrogen and oxygen atoms in total. The van der Waals surface area contributed by atoms with E-state index in [1.807, 2.05) is 32.0 Å². The van der Waals surface area contributed by atoms with Crippen molar-refractivity contribution in [1.82, 2.24) is 0 Å². The lowest BCUT2D eigenvalue weighted by atomic mass is 9.95. The summed E-state index contributed by atoms with van der Waals surface area (Å²) >= 11 is 5.97. The lowest BCUT2D eigenvalue weighted by molar-refractivity contribution is -0.118. The molecule has 3 N–H and O–H groups in total. The van der Waals surface area contributed by atoms with Gasteiger partial charge in [-0.3, -0.25) is 4.79 Å². The molecule has 0 heterocycles. The first-order valence-electron chi connectivity index (χ1n) is 6.77. The minimum atomic E-state index is -0.581. The van der Waals surface area contributed by atoms with E-state index in [1.54, 1.807) is 12.1 Å². The van der Waals surface area contributed by atoms with E-state index < -0.39 is 11.9 Å². The SMILES string of the molecule is Cc1cc(C)c(C(Nc2cccc(Cl)c2)C(N)=O)cc1C. The van der Waals surface area contributed by atoms with Gasteiger partial charge in [0.25, 0.3) is 0 Å². The van der Waals surface area contributed by atoms with Crippen LogP contribution in [0, 0.1) is 20.8 Å². The van der Waals surface area contributed by atoms with Crippen LogP contribution in [0.3, 0.4) is 0 Å². The molecule has 4 heteroatoms. The van der Waals surface area contributed by atoms with E-state index in [4.69, 9.17) is 17.3 Å². The molecule has 0 aliphatic carbocycles. The average Bonchev–Trinajstić information content (AvgIpc) is 2.40. The van der Waals surface area contributed by atoms with Crippen molar-refractivity contribution in [3.8, 4) is 0 Å². The first-order chi connectivity index (χ1) is 9.88. The zero-order valence-electron chi connectivity index (χ0n) is 12.4. The Bertz CT molecular complexity index is 682. The number of rotatable bonds is 4. The molecule has 0 fully saturated rings. The highest BCUT2D eigenvalue weighted by molar-refractivity contribution is 6.30. The van der Waals surface area contributed by atoms with Crippen molar-refractivity contribution in [1.29, 1.82) is 0 Å². The Morgan fingerprint density at radius 3 is 2.38 bits per heavy atom. The molecule has 0 saturated carbocycles. The second-order valence-corrected chi connectivity index (χ2v) is 5.72. The highest BCUT2D eigenvalue weighted by Crippen LogP contribution is 2.26. The molecule has 2 aromatic rings. The van der Waals surface area contributed by atoms with Gasteiger partial charge in [-0.25, -0.2) is 0 Å². The lowest BCUT2D eigenvalue weighted by Gasteiger charge is -2.20. The van der Waals surface area contributed by atoms with Crippen LogP contribution in [0.4, 0.5) is 5.69 Å². The Balaban J connectivity index is 2.40.